The number of nitrogens with zero attached hydrogens (tertiary/aromatic N) is 2. The van der Waals surface area contributed by atoms with Gasteiger partial charge in [0.25, 0.3) is 0 Å². The van der Waals surface area contributed by atoms with Gasteiger partial charge < -0.3 is 9.80 Å². The smallest absolute Gasteiger partial charge is 0.233 e. The van der Waals surface area contributed by atoms with Crippen molar-refractivity contribution in [3.63, 3.8) is 0 Å². The molecular weight excluding hydrogens is 288 g/mol. The van der Waals surface area contributed by atoms with Gasteiger partial charge in [0.1, 0.15) is 4.32 Å². The summed E-state index contributed by atoms with van der Waals surface area (Å²) in [5.74, 6) is 0.783. The molecule has 5 heteroatoms. The van der Waals surface area contributed by atoms with Crippen LogP contribution in [-0.2, 0) is 4.79 Å². The molecule has 1 amide bonds. The normalized spacial score (nSPS) is 20.1. The first-order valence-corrected chi connectivity index (χ1v) is 9.33. The van der Waals surface area contributed by atoms with E-state index in [0.29, 0.717) is 11.8 Å². The minimum Gasteiger partial charge on any atom is -0.358 e. The molecule has 2 aliphatic rings. The van der Waals surface area contributed by atoms with Gasteiger partial charge in [0.2, 0.25) is 5.91 Å². The van der Waals surface area contributed by atoms with Crippen LogP contribution in [0, 0.1) is 0 Å². The van der Waals surface area contributed by atoms with Crippen molar-refractivity contribution in [2.45, 2.75) is 57.9 Å². The lowest BCUT2D eigenvalue weighted by Crippen LogP contribution is -2.42. The fourth-order valence-electron chi connectivity index (χ4n) is 3.23. The maximum Gasteiger partial charge on any atom is 0.233 e. The fourth-order valence-corrected chi connectivity index (χ4v) is 4.37. The molecule has 0 aromatic carbocycles. The highest BCUT2D eigenvalue weighted by atomic mass is 32.2. The number of hydrogen-bond acceptors (Lipinski definition) is 3. The monoisotopic (exact) mass is 314 g/mol. The standard InChI is InChI=1S/C15H26N2OS2/c1-2-17(13-8-4-3-5-9-13)14(18)12-20-15(19)16-10-6-7-11-16/h13H,2-12H2,1H3. The van der Waals surface area contributed by atoms with Crippen LogP contribution in [-0.4, -0.2) is 51.5 Å². The van der Waals surface area contributed by atoms with E-state index < -0.39 is 0 Å². The number of thioether (sulfide) groups is 1. The molecule has 20 heavy (non-hydrogen) atoms. The first-order chi connectivity index (χ1) is 9.72. The summed E-state index contributed by atoms with van der Waals surface area (Å²) < 4.78 is 0.913. The first kappa shape index (κ1) is 16.1. The molecule has 3 nitrogen and oxygen atoms in total. The molecule has 114 valence electrons. The van der Waals surface area contributed by atoms with E-state index in [-0.39, 0.29) is 5.91 Å². The summed E-state index contributed by atoms with van der Waals surface area (Å²) in [5.41, 5.74) is 0. The number of hydrogen-bond donors (Lipinski definition) is 0. The number of rotatable bonds is 4. The third-order valence-electron chi connectivity index (χ3n) is 4.36. The number of carbonyl (C=O) groups is 1. The van der Waals surface area contributed by atoms with Crippen molar-refractivity contribution >= 4 is 34.2 Å². The van der Waals surface area contributed by atoms with Gasteiger partial charge in [-0.05, 0) is 32.6 Å². The molecule has 2 fully saturated rings. The summed E-state index contributed by atoms with van der Waals surface area (Å²) in [6.07, 6.45) is 8.70. The maximum absolute atomic E-state index is 12.4. The average Bonchev–Trinajstić information content (AvgIpc) is 3.01. The highest BCUT2D eigenvalue weighted by Gasteiger charge is 2.25. The number of amides is 1. The van der Waals surface area contributed by atoms with Gasteiger partial charge in [-0.2, -0.15) is 0 Å². The van der Waals surface area contributed by atoms with Gasteiger partial charge in [-0.25, -0.2) is 0 Å². The van der Waals surface area contributed by atoms with Gasteiger partial charge in [0.05, 0.1) is 5.75 Å². The molecule has 1 heterocycles. The van der Waals surface area contributed by atoms with Crippen molar-refractivity contribution in [1.82, 2.24) is 9.80 Å². The number of carbonyl (C=O) groups excluding carboxylic acids is 1. The molecule has 0 aromatic heterocycles. The molecular formula is C15H26N2OS2. The van der Waals surface area contributed by atoms with Crippen molar-refractivity contribution in [1.29, 1.82) is 0 Å². The van der Waals surface area contributed by atoms with Crippen molar-refractivity contribution in [2.75, 3.05) is 25.4 Å². The highest BCUT2D eigenvalue weighted by molar-refractivity contribution is 8.23. The molecule has 1 saturated carbocycles. The van der Waals surface area contributed by atoms with E-state index in [4.69, 9.17) is 12.2 Å². The Bertz CT molecular complexity index is 337. The first-order valence-electron chi connectivity index (χ1n) is 7.93. The summed E-state index contributed by atoms with van der Waals surface area (Å²) in [6, 6.07) is 0.474. The molecule has 0 unspecified atom stereocenters. The second kappa shape index (κ2) is 8.23. The van der Waals surface area contributed by atoms with Gasteiger partial charge >= 0.3 is 0 Å². The van der Waals surface area contributed by atoms with E-state index in [1.807, 2.05) is 0 Å². The van der Waals surface area contributed by atoms with Crippen molar-refractivity contribution in [3.05, 3.63) is 0 Å². The molecule has 0 spiro atoms. The van der Waals surface area contributed by atoms with Crippen molar-refractivity contribution < 1.29 is 4.79 Å². The van der Waals surface area contributed by atoms with Crippen LogP contribution in [0.3, 0.4) is 0 Å². The molecule has 2 rings (SSSR count). The van der Waals surface area contributed by atoms with E-state index in [0.717, 1.165) is 24.0 Å². The van der Waals surface area contributed by atoms with E-state index in [1.165, 1.54) is 44.9 Å². The van der Waals surface area contributed by atoms with Crippen LogP contribution in [0.15, 0.2) is 0 Å². The molecule has 0 radical (unpaired) electrons. The van der Waals surface area contributed by atoms with Gasteiger partial charge in [-0.3, -0.25) is 4.79 Å². The Balaban J connectivity index is 1.77. The maximum atomic E-state index is 12.4. The molecule has 0 aromatic rings. The van der Waals surface area contributed by atoms with Crippen LogP contribution in [0.2, 0.25) is 0 Å². The molecule has 0 N–H and O–H groups in total. The molecule has 1 aliphatic carbocycles. The van der Waals surface area contributed by atoms with Crippen LogP contribution >= 0.6 is 24.0 Å². The van der Waals surface area contributed by atoms with E-state index in [2.05, 4.69) is 16.7 Å². The molecule has 0 bridgehead atoms. The Morgan fingerprint density at radius 1 is 1.20 bits per heavy atom. The SMILES string of the molecule is CCN(C(=O)CSC(=S)N1CCCC1)C1CCCCC1. The van der Waals surface area contributed by atoms with Crippen LogP contribution in [0.5, 0.6) is 0 Å². The van der Waals surface area contributed by atoms with Crippen LogP contribution < -0.4 is 0 Å². The average molecular weight is 315 g/mol. The number of thiocarbonyl (C=S) groups is 1. The Kier molecular flexibility index (Phi) is 6.62. The van der Waals surface area contributed by atoms with Crippen LogP contribution in [0.25, 0.3) is 0 Å². The predicted molar refractivity (Wildman–Crippen MR) is 90.1 cm³/mol. The minimum absolute atomic E-state index is 0.269. The van der Waals surface area contributed by atoms with Gasteiger partial charge in [-0.1, -0.05) is 43.2 Å². The zero-order valence-electron chi connectivity index (χ0n) is 12.5. The van der Waals surface area contributed by atoms with Gasteiger partial charge in [-0.15, -0.1) is 0 Å². The van der Waals surface area contributed by atoms with Crippen LogP contribution in [0.4, 0.5) is 0 Å². The second-order valence-electron chi connectivity index (χ2n) is 5.72. The topological polar surface area (TPSA) is 23.6 Å². The lowest BCUT2D eigenvalue weighted by Gasteiger charge is -2.33. The highest BCUT2D eigenvalue weighted by Crippen LogP contribution is 2.24. The lowest BCUT2D eigenvalue weighted by molar-refractivity contribution is -0.131. The van der Waals surface area contributed by atoms with E-state index >= 15 is 0 Å². The Hall–Kier alpha value is -0.290. The third-order valence-corrected chi connectivity index (χ3v) is 5.87. The van der Waals surface area contributed by atoms with Gasteiger partial charge in [0.15, 0.2) is 0 Å². The zero-order chi connectivity index (χ0) is 14.4. The Labute approximate surface area is 132 Å². The van der Waals surface area contributed by atoms with E-state index in [1.54, 1.807) is 11.8 Å². The summed E-state index contributed by atoms with van der Waals surface area (Å²) in [7, 11) is 0. The van der Waals surface area contributed by atoms with E-state index in [9.17, 15) is 4.79 Å². The van der Waals surface area contributed by atoms with Gasteiger partial charge in [0, 0.05) is 25.7 Å². The van der Waals surface area contributed by atoms with Crippen molar-refractivity contribution in [3.8, 4) is 0 Å². The molecule has 1 saturated heterocycles. The third kappa shape index (κ3) is 4.35. The second-order valence-corrected chi connectivity index (χ2v) is 7.33. The minimum atomic E-state index is 0.269. The number of likely N-dealkylation sites (tertiary alicyclic amines) is 1. The largest absolute Gasteiger partial charge is 0.358 e. The summed E-state index contributed by atoms with van der Waals surface area (Å²) >= 11 is 6.99. The quantitative estimate of drug-likeness (QED) is 0.743. The summed E-state index contributed by atoms with van der Waals surface area (Å²) in [6.45, 7) is 5.07. The lowest BCUT2D eigenvalue weighted by atomic mass is 9.94. The summed E-state index contributed by atoms with van der Waals surface area (Å²) in [5, 5.41) is 0. The Morgan fingerprint density at radius 2 is 1.85 bits per heavy atom. The zero-order valence-corrected chi connectivity index (χ0v) is 14.1. The Morgan fingerprint density at radius 3 is 2.45 bits per heavy atom. The molecule has 0 atom stereocenters. The molecule has 1 aliphatic heterocycles. The van der Waals surface area contributed by atoms with Crippen molar-refractivity contribution in [2.24, 2.45) is 0 Å². The van der Waals surface area contributed by atoms with Crippen LogP contribution in [0.1, 0.15) is 51.9 Å². The predicted octanol–water partition coefficient (Wildman–Crippen LogP) is 3.28. The summed E-state index contributed by atoms with van der Waals surface area (Å²) in [4.78, 5) is 16.7. The fraction of sp³-hybridized carbons (Fsp3) is 0.867.